The lowest BCUT2D eigenvalue weighted by atomic mass is 9.98. The molecule has 0 aliphatic carbocycles. The molecule has 1 saturated heterocycles. The van der Waals surface area contributed by atoms with E-state index in [9.17, 15) is 14.4 Å². The van der Waals surface area contributed by atoms with E-state index < -0.39 is 18.0 Å². The highest BCUT2D eigenvalue weighted by Gasteiger charge is 2.42. The third-order valence-electron chi connectivity index (χ3n) is 5.79. The van der Waals surface area contributed by atoms with Gasteiger partial charge in [0.1, 0.15) is 18.3 Å². The van der Waals surface area contributed by atoms with Crippen molar-refractivity contribution in [1.82, 2.24) is 15.2 Å². The third-order valence-corrected chi connectivity index (χ3v) is 5.79. The summed E-state index contributed by atoms with van der Waals surface area (Å²) in [7, 11) is 1.60. The van der Waals surface area contributed by atoms with E-state index in [1.54, 1.807) is 7.11 Å². The van der Waals surface area contributed by atoms with Crippen LogP contribution in [0.15, 0.2) is 59.7 Å². The number of rotatable bonds is 6. The maximum Gasteiger partial charge on any atom is 0.325 e. The quantitative estimate of drug-likeness (QED) is 0.708. The maximum absolute atomic E-state index is 13.3. The SMILES string of the molecule is COc1ccc(C2CC(c3ccccc3)=NN2C(=O)CN2C(=O)NC(C(C)C)C2=O)cc1. The molecule has 8 nitrogen and oxygen atoms in total. The molecule has 2 aromatic rings. The van der Waals surface area contributed by atoms with Gasteiger partial charge in [-0.3, -0.25) is 14.5 Å². The van der Waals surface area contributed by atoms with Crippen LogP contribution in [0.25, 0.3) is 0 Å². The molecule has 0 saturated carbocycles. The van der Waals surface area contributed by atoms with Gasteiger partial charge in [-0.25, -0.2) is 9.80 Å². The predicted molar refractivity (Wildman–Crippen MR) is 119 cm³/mol. The van der Waals surface area contributed by atoms with E-state index in [1.165, 1.54) is 5.01 Å². The summed E-state index contributed by atoms with van der Waals surface area (Å²) in [4.78, 5) is 39.2. The van der Waals surface area contributed by atoms with Crippen molar-refractivity contribution in [3.63, 3.8) is 0 Å². The Morgan fingerprint density at radius 3 is 2.41 bits per heavy atom. The Balaban J connectivity index is 1.61. The number of benzene rings is 2. The van der Waals surface area contributed by atoms with Crippen LogP contribution >= 0.6 is 0 Å². The molecule has 4 amide bonds. The van der Waals surface area contributed by atoms with Crippen molar-refractivity contribution >= 4 is 23.6 Å². The fraction of sp³-hybridized carbons (Fsp3) is 0.333. The highest BCUT2D eigenvalue weighted by Crippen LogP contribution is 2.34. The van der Waals surface area contributed by atoms with Gasteiger partial charge in [0.05, 0.1) is 18.9 Å². The van der Waals surface area contributed by atoms with Gasteiger partial charge in [-0.2, -0.15) is 5.10 Å². The van der Waals surface area contributed by atoms with Crippen LogP contribution in [0.3, 0.4) is 0 Å². The summed E-state index contributed by atoms with van der Waals surface area (Å²) in [6, 6.07) is 15.6. The number of carbonyl (C=O) groups excluding carboxylic acids is 3. The molecule has 8 heteroatoms. The fourth-order valence-electron chi connectivity index (χ4n) is 3.98. The molecular formula is C24H26N4O4. The molecule has 2 aliphatic heterocycles. The van der Waals surface area contributed by atoms with Gasteiger partial charge in [0, 0.05) is 6.42 Å². The van der Waals surface area contributed by atoms with Crippen molar-refractivity contribution in [3.8, 4) is 5.75 Å². The van der Waals surface area contributed by atoms with E-state index in [2.05, 4.69) is 10.4 Å². The largest absolute Gasteiger partial charge is 0.497 e. The number of amides is 4. The third kappa shape index (κ3) is 4.08. The van der Waals surface area contributed by atoms with Crippen molar-refractivity contribution in [2.45, 2.75) is 32.4 Å². The van der Waals surface area contributed by atoms with E-state index in [4.69, 9.17) is 4.74 Å². The van der Waals surface area contributed by atoms with E-state index in [1.807, 2.05) is 68.4 Å². The van der Waals surface area contributed by atoms with Gasteiger partial charge in [-0.1, -0.05) is 56.3 Å². The molecule has 2 heterocycles. The molecule has 2 unspecified atom stereocenters. The number of methoxy groups -OCH3 is 1. The summed E-state index contributed by atoms with van der Waals surface area (Å²) in [5, 5.41) is 8.66. The van der Waals surface area contributed by atoms with Crippen molar-refractivity contribution in [3.05, 3.63) is 65.7 Å². The Kier molecular flexibility index (Phi) is 5.94. The Hall–Kier alpha value is -3.68. The normalized spacial score (nSPS) is 20.6. The summed E-state index contributed by atoms with van der Waals surface area (Å²) in [6.07, 6.45) is 0.525. The Bertz CT molecular complexity index is 1050. The van der Waals surface area contributed by atoms with Gasteiger partial charge in [0.25, 0.3) is 11.8 Å². The maximum atomic E-state index is 13.3. The Morgan fingerprint density at radius 2 is 1.81 bits per heavy atom. The molecule has 32 heavy (non-hydrogen) atoms. The van der Waals surface area contributed by atoms with Gasteiger partial charge < -0.3 is 10.1 Å². The van der Waals surface area contributed by atoms with E-state index >= 15 is 0 Å². The summed E-state index contributed by atoms with van der Waals surface area (Å²) >= 11 is 0. The average molecular weight is 434 g/mol. The number of imide groups is 1. The van der Waals surface area contributed by atoms with Crippen LogP contribution in [0, 0.1) is 5.92 Å². The molecule has 1 N–H and O–H groups in total. The van der Waals surface area contributed by atoms with E-state index in [-0.39, 0.29) is 24.4 Å². The first kappa shape index (κ1) is 21.5. The lowest BCUT2D eigenvalue weighted by Crippen LogP contribution is -2.42. The van der Waals surface area contributed by atoms with Crippen molar-refractivity contribution in [2.75, 3.05) is 13.7 Å². The molecule has 4 rings (SSSR count). The van der Waals surface area contributed by atoms with Crippen LogP contribution in [0.1, 0.15) is 37.4 Å². The van der Waals surface area contributed by atoms with Crippen molar-refractivity contribution in [1.29, 1.82) is 0 Å². The second-order valence-corrected chi connectivity index (χ2v) is 8.24. The number of ether oxygens (including phenoxy) is 1. The zero-order valence-corrected chi connectivity index (χ0v) is 18.3. The molecule has 0 radical (unpaired) electrons. The number of nitrogens with one attached hydrogen (secondary N) is 1. The summed E-state index contributed by atoms with van der Waals surface area (Å²) in [5.74, 6) is -0.142. The van der Waals surface area contributed by atoms with Crippen LogP contribution in [0.5, 0.6) is 5.75 Å². The lowest BCUT2D eigenvalue weighted by Gasteiger charge is -2.24. The van der Waals surface area contributed by atoms with E-state index in [0.717, 1.165) is 21.7 Å². The molecular weight excluding hydrogens is 408 g/mol. The number of carbonyl (C=O) groups is 3. The molecule has 2 atom stereocenters. The molecule has 0 spiro atoms. The summed E-state index contributed by atoms with van der Waals surface area (Å²) < 4.78 is 5.24. The lowest BCUT2D eigenvalue weighted by molar-refractivity contribution is -0.138. The van der Waals surface area contributed by atoms with Crippen LogP contribution < -0.4 is 10.1 Å². The molecule has 0 aromatic heterocycles. The second-order valence-electron chi connectivity index (χ2n) is 8.24. The van der Waals surface area contributed by atoms with Crippen LogP contribution in [0.2, 0.25) is 0 Å². The molecule has 0 bridgehead atoms. The first-order valence-electron chi connectivity index (χ1n) is 10.6. The monoisotopic (exact) mass is 434 g/mol. The first-order valence-corrected chi connectivity index (χ1v) is 10.6. The average Bonchev–Trinajstić information content (AvgIpc) is 3.37. The van der Waals surface area contributed by atoms with E-state index in [0.29, 0.717) is 12.2 Å². The van der Waals surface area contributed by atoms with Gasteiger partial charge in [0.15, 0.2) is 0 Å². The zero-order valence-electron chi connectivity index (χ0n) is 18.3. The molecule has 1 fully saturated rings. The minimum atomic E-state index is -0.616. The number of hydrogen-bond acceptors (Lipinski definition) is 5. The number of hydrogen-bond donors (Lipinski definition) is 1. The number of nitrogens with zero attached hydrogens (tertiary/aromatic N) is 3. The predicted octanol–water partition coefficient (Wildman–Crippen LogP) is 2.95. The summed E-state index contributed by atoms with van der Waals surface area (Å²) in [6.45, 7) is 3.35. The van der Waals surface area contributed by atoms with Gasteiger partial charge in [0.2, 0.25) is 0 Å². The Labute approximate surface area is 186 Å². The van der Waals surface area contributed by atoms with Gasteiger partial charge >= 0.3 is 6.03 Å². The van der Waals surface area contributed by atoms with Crippen LogP contribution in [0.4, 0.5) is 4.79 Å². The Morgan fingerprint density at radius 1 is 1.12 bits per heavy atom. The van der Waals surface area contributed by atoms with Crippen molar-refractivity contribution < 1.29 is 19.1 Å². The van der Waals surface area contributed by atoms with Crippen LogP contribution in [-0.4, -0.2) is 53.2 Å². The minimum Gasteiger partial charge on any atom is -0.497 e. The van der Waals surface area contributed by atoms with Crippen molar-refractivity contribution in [2.24, 2.45) is 11.0 Å². The van der Waals surface area contributed by atoms with Gasteiger partial charge in [-0.05, 0) is 29.2 Å². The smallest absolute Gasteiger partial charge is 0.325 e. The number of urea groups is 1. The topological polar surface area (TPSA) is 91.3 Å². The minimum absolute atomic E-state index is 0.0620. The summed E-state index contributed by atoms with van der Waals surface area (Å²) in [5.41, 5.74) is 2.60. The van der Waals surface area contributed by atoms with Crippen LogP contribution in [-0.2, 0) is 9.59 Å². The molecule has 166 valence electrons. The fourth-order valence-corrected chi connectivity index (χ4v) is 3.98. The molecule has 2 aliphatic rings. The number of hydrazone groups is 1. The first-order chi connectivity index (χ1) is 15.4. The zero-order chi connectivity index (χ0) is 22.8. The van der Waals surface area contributed by atoms with Gasteiger partial charge in [-0.15, -0.1) is 0 Å². The highest BCUT2D eigenvalue weighted by molar-refractivity contribution is 6.07. The highest BCUT2D eigenvalue weighted by atomic mass is 16.5. The second kappa shape index (κ2) is 8.82. The standard InChI is InChI=1S/C24H26N4O4/c1-15(2)22-23(30)27(24(31)25-22)14-21(29)28-20(17-9-11-18(32-3)12-10-17)13-19(26-28)16-7-5-4-6-8-16/h4-12,15,20,22H,13-14H2,1-3H3,(H,25,31). The molecule has 2 aromatic carbocycles.